The first-order valence-electron chi connectivity index (χ1n) is 8.68. The van der Waals surface area contributed by atoms with E-state index in [0.29, 0.717) is 11.3 Å². The Kier molecular flexibility index (Phi) is 6.47. The standard InChI is InChI=1S/C21H13F7N2O/c22-16-15(21(26,27)28)17(23)19(25)20(18(16)24)30-29-10-13-8-4-5-9-14(13)31-11-12-6-2-1-3-7-12/h1-10,30H,11H2/b29-10+. The molecular formula is C21H13F7N2O. The highest BCUT2D eigenvalue weighted by atomic mass is 19.4. The average molecular weight is 442 g/mol. The SMILES string of the molecule is Fc1c(F)c(C(F)(F)F)c(F)c(F)c1N/N=C/c1ccccc1OCc1ccccc1. The maximum atomic E-state index is 13.9. The highest BCUT2D eigenvalue weighted by molar-refractivity contribution is 5.84. The summed E-state index contributed by atoms with van der Waals surface area (Å²) in [7, 11) is 0. The molecule has 0 saturated heterocycles. The van der Waals surface area contributed by atoms with E-state index in [2.05, 4.69) is 5.10 Å². The summed E-state index contributed by atoms with van der Waals surface area (Å²) in [6.07, 6.45) is -4.58. The Bertz CT molecular complexity index is 1070. The number of hydrogen-bond donors (Lipinski definition) is 1. The van der Waals surface area contributed by atoms with Gasteiger partial charge in [-0.25, -0.2) is 17.6 Å². The number of para-hydroxylation sites is 1. The molecule has 1 N–H and O–H groups in total. The number of ether oxygens (including phenoxy) is 1. The number of nitrogens with zero attached hydrogens (tertiary/aromatic N) is 1. The number of benzene rings is 3. The summed E-state index contributed by atoms with van der Waals surface area (Å²) in [5.41, 5.74) is -1.25. The molecule has 3 nitrogen and oxygen atoms in total. The summed E-state index contributed by atoms with van der Waals surface area (Å²) >= 11 is 0. The van der Waals surface area contributed by atoms with Gasteiger partial charge in [-0.1, -0.05) is 42.5 Å². The molecule has 10 heteroatoms. The lowest BCUT2D eigenvalue weighted by Crippen LogP contribution is -2.16. The average Bonchev–Trinajstić information content (AvgIpc) is 2.74. The fourth-order valence-electron chi connectivity index (χ4n) is 2.60. The third-order valence-corrected chi connectivity index (χ3v) is 4.08. The lowest BCUT2D eigenvalue weighted by Gasteiger charge is -2.13. The van der Waals surface area contributed by atoms with E-state index in [-0.39, 0.29) is 6.61 Å². The number of halogens is 7. The van der Waals surface area contributed by atoms with Crippen LogP contribution in [0.25, 0.3) is 0 Å². The first-order chi connectivity index (χ1) is 14.7. The second-order valence-corrected chi connectivity index (χ2v) is 6.19. The quantitative estimate of drug-likeness (QED) is 0.211. The van der Waals surface area contributed by atoms with Crippen LogP contribution < -0.4 is 10.2 Å². The van der Waals surface area contributed by atoms with Gasteiger partial charge in [-0.05, 0) is 17.7 Å². The van der Waals surface area contributed by atoms with E-state index in [1.807, 2.05) is 30.3 Å². The Hall–Kier alpha value is -3.56. The summed E-state index contributed by atoms with van der Waals surface area (Å²) in [6.45, 7) is 0.206. The van der Waals surface area contributed by atoms with Crippen LogP contribution in [0.3, 0.4) is 0 Å². The monoisotopic (exact) mass is 442 g/mol. The fraction of sp³-hybridized carbons (Fsp3) is 0.0952. The summed E-state index contributed by atoms with van der Waals surface area (Å²) in [4.78, 5) is 0. The van der Waals surface area contributed by atoms with Gasteiger partial charge in [0.2, 0.25) is 0 Å². The maximum Gasteiger partial charge on any atom is 0.422 e. The van der Waals surface area contributed by atoms with Gasteiger partial charge in [0.25, 0.3) is 0 Å². The summed E-state index contributed by atoms with van der Waals surface area (Å²) in [5, 5.41) is 3.47. The molecule has 0 saturated carbocycles. The van der Waals surface area contributed by atoms with Gasteiger partial charge >= 0.3 is 6.18 Å². The lowest BCUT2D eigenvalue weighted by molar-refractivity contribution is -0.143. The molecule has 0 aliphatic rings. The molecular weight excluding hydrogens is 429 g/mol. The van der Waals surface area contributed by atoms with E-state index in [1.54, 1.807) is 23.6 Å². The molecule has 0 amide bonds. The molecule has 0 fully saturated rings. The predicted molar refractivity (Wildman–Crippen MR) is 99.7 cm³/mol. The molecule has 3 aromatic rings. The first-order valence-corrected chi connectivity index (χ1v) is 8.68. The molecule has 162 valence electrons. The van der Waals surface area contributed by atoms with Crippen molar-refractivity contribution in [3.63, 3.8) is 0 Å². The molecule has 3 rings (SSSR count). The van der Waals surface area contributed by atoms with Crippen LogP contribution in [0.1, 0.15) is 16.7 Å². The molecule has 31 heavy (non-hydrogen) atoms. The Morgan fingerprint density at radius 3 is 2.00 bits per heavy atom. The van der Waals surface area contributed by atoms with Crippen molar-refractivity contribution in [2.45, 2.75) is 12.8 Å². The van der Waals surface area contributed by atoms with Crippen LogP contribution in [0.2, 0.25) is 0 Å². The fourth-order valence-corrected chi connectivity index (χ4v) is 2.60. The van der Waals surface area contributed by atoms with Gasteiger partial charge in [0.15, 0.2) is 23.3 Å². The Morgan fingerprint density at radius 2 is 1.39 bits per heavy atom. The number of rotatable bonds is 6. The Labute approximate surface area is 171 Å². The zero-order valence-corrected chi connectivity index (χ0v) is 15.5. The normalized spacial score (nSPS) is 11.7. The van der Waals surface area contributed by atoms with E-state index in [9.17, 15) is 30.7 Å². The maximum absolute atomic E-state index is 13.9. The van der Waals surface area contributed by atoms with E-state index < -0.39 is 40.7 Å². The van der Waals surface area contributed by atoms with Crippen LogP contribution in [0.15, 0.2) is 59.7 Å². The Morgan fingerprint density at radius 1 is 0.806 bits per heavy atom. The molecule has 0 radical (unpaired) electrons. The summed E-state index contributed by atoms with van der Waals surface area (Å²) in [6, 6.07) is 15.5. The van der Waals surface area contributed by atoms with Crippen LogP contribution in [0.4, 0.5) is 36.4 Å². The van der Waals surface area contributed by atoms with E-state index in [0.717, 1.165) is 11.8 Å². The van der Waals surface area contributed by atoms with Gasteiger partial charge in [0, 0.05) is 5.56 Å². The third kappa shape index (κ3) is 4.96. The van der Waals surface area contributed by atoms with Crippen molar-refractivity contribution < 1.29 is 35.5 Å². The molecule has 0 atom stereocenters. The second kappa shape index (κ2) is 9.07. The van der Waals surface area contributed by atoms with Crippen molar-refractivity contribution in [1.82, 2.24) is 0 Å². The number of anilines is 1. The number of hydrogen-bond acceptors (Lipinski definition) is 3. The van der Waals surface area contributed by atoms with Gasteiger partial charge < -0.3 is 4.74 Å². The van der Waals surface area contributed by atoms with Crippen molar-refractivity contribution in [1.29, 1.82) is 0 Å². The third-order valence-electron chi connectivity index (χ3n) is 4.08. The topological polar surface area (TPSA) is 33.6 Å². The molecule has 0 unspecified atom stereocenters. The minimum absolute atomic E-state index is 0.206. The van der Waals surface area contributed by atoms with Crippen molar-refractivity contribution in [3.05, 3.63) is 94.6 Å². The summed E-state index contributed by atoms with van der Waals surface area (Å²) in [5.74, 6) is -9.32. The minimum atomic E-state index is -5.62. The number of nitrogens with one attached hydrogen (secondary N) is 1. The van der Waals surface area contributed by atoms with Crippen molar-refractivity contribution in [3.8, 4) is 5.75 Å². The second-order valence-electron chi connectivity index (χ2n) is 6.19. The lowest BCUT2D eigenvalue weighted by atomic mass is 10.1. The number of hydrazone groups is 1. The highest BCUT2D eigenvalue weighted by Crippen LogP contribution is 2.38. The van der Waals surface area contributed by atoms with Crippen LogP contribution in [0.5, 0.6) is 5.75 Å². The summed E-state index contributed by atoms with van der Waals surface area (Å²) < 4.78 is 98.7. The zero-order chi connectivity index (χ0) is 22.6. The van der Waals surface area contributed by atoms with Crippen LogP contribution in [-0.4, -0.2) is 6.21 Å². The zero-order valence-electron chi connectivity index (χ0n) is 15.5. The molecule has 0 aliphatic carbocycles. The van der Waals surface area contributed by atoms with Gasteiger partial charge in [0.05, 0.1) is 6.21 Å². The van der Waals surface area contributed by atoms with Gasteiger partial charge in [-0.3, -0.25) is 5.43 Å². The largest absolute Gasteiger partial charge is 0.488 e. The van der Waals surface area contributed by atoms with Crippen LogP contribution >= 0.6 is 0 Å². The molecule has 0 aromatic heterocycles. The first kappa shape index (κ1) is 22.1. The predicted octanol–water partition coefficient (Wildman–Crippen LogP) is 6.29. The molecule has 0 spiro atoms. The van der Waals surface area contributed by atoms with Crippen LogP contribution in [-0.2, 0) is 12.8 Å². The van der Waals surface area contributed by atoms with Gasteiger partial charge in [0.1, 0.15) is 23.6 Å². The van der Waals surface area contributed by atoms with Crippen molar-refractivity contribution in [2.24, 2.45) is 5.10 Å². The van der Waals surface area contributed by atoms with Crippen LogP contribution in [0, 0.1) is 23.3 Å². The molecule has 0 aliphatic heterocycles. The molecule has 3 aromatic carbocycles. The van der Waals surface area contributed by atoms with Crippen molar-refractivity contribution in [2.75, 3.05) is 5.43 Å². The highest BCUT2D eigenvalue weighted by Gasteiger charge is 2.42. The molecule has 0 heterocycles. The smallest absolute Gasteiger partial charge is 0.422 e. The number of alkyl halides is 3. The Balaban J connectivity index is 1.82. The van der Waals surface area contributed by atoms with E-state index in [4.69, 9.17) is 4.74 Å². The van der Waals surface area contributed by atoms with Gasteiger partial charge in [-0.15, -0.1) is 0 Å². The van der Waals surface area contributed by atoms with E-state index in [1.165, 1.54) is 6.07 Å². The van der Waals surface area contributed by atoms with Gasteiger partial charge in [-0.2, -0.15) is 18.3 Å². The van der Waals surface area contributed by atoms with E-state index >= 15 is 0 Å². The van der Waals surface area contributed by atoms with Crippen molar-refractivity contribution >= 4 is 11.9 Å². The molecule has 0 bridgehead atoms. The minimum Gasteiger partial charge on any atom is -0.488 e.